The highest BCUT2D eigenvalue weighted by Gasteiger charge is 2.61. The van der Waals surface area contributed by atoms with Crippen molar-refractivity contribution >= 4 is 23.2 Å². The zero-order valence-corrected chi connectivity index (χ0v) is 12.0. The van der Waals surface area contributed by atoms with Crippen molar-refractivity contribution in [3.63, 3.8) is 0 Å². The second-order valence-corrected chi connectivity index (χ2v) is 5.63. The van der Waals surface area contributed by atoms with Gasteiger partial charge in [-0.15, -0.1) is 0 Å². The molecule has 0 radical (unpaired) electrons. The van der Waals surface area contributed by atoms with Crippen LogP contribution in [0.25, 0.3) is 0 Å². The third-order valence-electron chi connectivity index (χ3n) is 4.52. The third-order valence-corrected chi connectivity index (χ3v) is 4.52. The van der Waals surface area contributed by atoms with Gasteiger partial charge in [0.15, 0.2) is 0 Å². The Kier molecular flexibility index (Phi) is 2.79. The molecule has 0 spiro atoms. The van der Waals surface area contributed by atoms with Gasteiger partial charge in [0.25, 0.3) is 5.69 Å². The number of non-ortho nitro benzene ring substituents is 1. The Labute approximate surface area is 130 Å². The lowest BCUT2D eigenvalue weighted by Crippen LogP contribution is -2.34. The van der Waals surface area contributed by atoms with E-state index in [-0.39, 0.29) is 17.1 Å². The minimum absolute atomic E-state index is 0.102. The Bertz CT molecular complexity index is 743. The molecule has 3 aliphatic heterocycles. The molecular weight excluding hydrogens is 304 g/mol. The average Bonchev–Trinajstić information content (AvgIpc) is 3.21. The fourth-order valence-corrected chi connectivity index (χ4v) is 3.51. The Morgan fingerprint density at radius 1 is 1.17 bits per heavy atom. The molecule has 1 aromatic rings. The van der Waals surface area contributed by atoms with Crippen LogP contribution in [0, 0.1) is 22.0 Å². The lowest BCUT2D eigenvalue weighted by atomic mass is 9.85. The molecular formula is C15H12N2O6. The number of fused-ring (bicyclic) bond motifs is 5. The van der Waals surface area contributed by atoms with Crippen LogP contribution >= 0.6 is 0 Å². The fourth-order valence-electron chi connectivity index (χ4n) is 3.51. The van der Waals surface area contributed by atoms with Crippen LogP contribution in [0.4, 0.5) is 11.4 Å². The van der Waals surface area contributed by atoms with Crippen molar-refractivity contribution in [2.45, 2.75) is 12.2 Å². The highest BCUT2D eigenvalue weighted by molar-refractivity contribution is 6.23. The van der Waals surface area contributed by atoms with Crippen molar-refractivity contribution in [3.05, 3.63) is 40.5 Å². The number of nitro benzene ring substituents is 1. The molecule has 2 fully saturated rings. The maximum Gasteiger partial charge on any atom is 0.271 e. The number of hydrogen-bond donors (Lipinski definition) is 0. The first-order valence-corrected chi connectivity index (χ1v) is 7.07. The van der Waals surface area contributed by atoms with Gasteiger partial charge in [-0.05, 0) is 6.07 Å². The van der Waals surface area contributed by atoms with E-state index in [1.807, 2.05) is 0 Å². The number of imide groups is 1. The first-order valence-electron chi connectivity index (χ1n) is 7.07. The van der Waals surface area contributed by atoms with Crippen molar-refractivity contribution in [3.8, 4) is 5.75 Å². The van der Waals surface area contributed by atoms with Crippen LogP contribution in [-0.4, -0.2) is 36.1 Å². The maximum absolute atomic E-state index is 12.7. The van der Waals surface area contributed by atoms with E-state index in [1.165, 1.54) is 25.3 Å². The standard InChI is InChI=1S/C15H12N2O6/c1-22-9-3-2-7(17(20)21)6-8(9)16-14(18)12-10-4-5-11(23-10)13(12)15(16)19/h2-6,10-13H,1H3/t10-,11+,12+,13-. The van der Waals surface area contributed by atoms with Crippen LogP contribution in [-0.2, 0) is 14.3 Å². The monoisotopic (exact) mass is 316 g/mol. The molecule has 4 atom stereocenters. The van der Waals surface area contributed by atoms with Crippen LogP contribution in [0.5, 0.6) is 5.75 Å². The fraction of sp³-hybridized carbons (Fsp3) is 0.333. The lowest BCUT2D eigenvalue weighted by molar-refractivity contribution is -0.384. The minimum Gasteiger partial charge on any atom is -0.495 e. The maximum atomic E-state index is 12.7. The molecule has 0 aromatic heterocycles. The van der Waals surface area contributed by atoms with E-state index in [0.717, 1.165) is 4.90 Å². The number of nitro groups is 1. The molecule has 2 bridgehead atoms. The average molecular weight is 316 g/mol. The smallest absolute Gasteiger partial charge is 0.271 e. The van der Waals surface area contributed by atoms with Crippen LogP contribution in [0.2, 0.25) is 0 Å². The molecule has 2 saturated heterocycles. The summed E-state index contributed by atoms with van der Waals surface area (Å²) in [5.74, 6) is -1.72. The number of hydrogen-bond acceptors (Lipinski definition) is 6. The summed E-state index contributed by atoms with van der Waals surface area (Å²) in [4.78, 5) is 36.8. The van der Waals surface area contributed by atoms with Crippen LogP contribution in [0.3, 0.4) is 0 Å². The third kappa shape index (κ3) is 1.75. The second-order valence-electron chi connectivity index (χ2n) is 5.63. The van der Waals surface area contributed by atoms with Gasteiger partial charge < -0.3 is 9.47 Å². The molecule has 23 heavy (non-hydrogen) atoms. The second kappa shape index (κ2) is 4.63. The number of ether oxygens (including phenoxy) is 2. The van der Waals surface area contributed by atoms with Crippen molar-refractivity contribution < 1.29 is 24.0 Å². The molecule has 8 nitrogen and oxygen atoms in total. The van der Waals surface area contributed by atoms with Gasteiger partial charge >= 0.3 is 0 Å². The van der Waals surface area contributed by atoms with E-state index in [0.29, 0.717) is 0 Å². The van der Waals surface area contributed by atoms with Gasteiger partial charge in [-0.25, -0.2) is 4.90 Å². The Morgan fingerprint density at radius 2 is 1.78 bits per heavy atom. The van der Waals surface area contributed by atoms with Crippen LogP contribution < -0.4 is 9.64 Å². The van der Waals surface area contributed by atoms with E-state index in [4.69, 9.17) is 9.47 Å². The van der Waals surface area contributed by atoms with Crippen molar-refractivity contribution in [1.29, 1.82) is 0 Å². The van der Waals surface area contributed by atoms with Gasteiger partial charge in [0.2, 0.25) is 11.8 Å². The number of carbonyl (C=O) groups is 2. The predicted molar refractivity (Wildman–Crippen MR) is 76.9 cm³/mol. The summed E-state index contributed by atoms with van der Waals surface area (Å²) in [5, 5.41) is 11.0. The van der Waals surface area contributed by atoms with Crippen molar-refractivity contribution in [1.82, 2.24) is 0 Å². The molecule has 4 rings (SSSR count). The van der Waals surface area contributed by atoms with Gasteiger partial charge in [0.1, 0.15) is 11.4 Å². The number of benzene rings is 1. The van der Waals surface area contributed by atoms with E-state index in [9.17, 15) is 19.7 Å². The normalized spacial score (nSPS) is 30.9. The van der Waals surface area contributed by atoms with E-state index < -0.39 is 40.8 Å². The zero-order valence-electron chi connectivity index (χ0n) is 12.0. The van der Waals surface area contributed by atoms with Gasteiger partial charge in [0, 0.05) is 12.1 Å². The number of rotatable bonds is 3. The SMILES string of the molecule is COc1ccc([N+](=O)[O-])cc1N1C(=O)[C@@H]2[C@H](C1=O)[C@@H]1C=C[C@H]2O1. The predicted octanol–water partition coefficient (Wildman–Crippen LogP) is 1.05. The highest BCUT2D eigenvalue weighted by atomic mass is 16.6. The van der Waals surface area contributed by atoms with Gasteiger partial charge in [-0.1, -0.05) is 12.2 Å². The van der Waals surface area contributed by atoms with E-state index >= 15 is 0 Å². The molecule has 0 N–H and O–H groups in total. The Morgan fingerprint density at radius 3 is 2.30 bits per heavy atom. The summed E-state index contributed by atoms with van der Waals surface area (Å²) in [6.07, 6.45) is 2.75. The van der Waals surface area contributed by atoms with E-state index in [1.54, 1.807) is 12.2 Å². The molecule has 1 aromatic carbocycles. The topological polar surface area (TPSA) is 99.0 Å². The number of methoxy groups -OCH3 is 1. The molecule has 3 aliphatic rings. The first kappa shape index (κ1) is 13.9. The van der Waals surface area contributed by atoms with Gasteiger partial charge in [-0.3, -0.25) is 19.7 Å². The summed E-state index contributed by atoms with van der Waals surface area (Å²) in [7, 11) is 1.38. The largest absolute Gasteiger partial charge is 0.495 e. The lowest BCUT2D eigenvalue weighted by Gasteiger charge is -2.19. The molecule has 0 aliphatic carbocycles. The van der Waals surface area contributed by atoms with Crippen molar-refractivity contribution in [2.75, 3.05) is 12.0 Å². The summed E-state index contributed by atoms with van der Waals surface area (Å²) in [6, 6.07) is 3.83. The number of anilines is 1. The van der Waals surface area contributed by atoms with Gasteiger partial charge in [-0.2, -0.15) is 0 Å². The minimum atomic E-state index is -0.580. The molecule has 2 amide bonds. The molecule has 0 unspecified atom stereocenters. The van der Waals surface area contributed by atoms with E-state index in [2.05, 4.69) is 0 Å². The Balaban J connectivity index is 1.80. The van der Waals surface area contributed by atoms with Crippen molar-refractivity contribution in [2.24, 2.45) is 11.8 Å². The van der Waals surface area contributed by atoms with Gasteiger partial charge in [0.05, 0.1) is 36.1 Å². The van der Waals surface area contributed by atoms with Crippen LogP contribution in [0.1, 0.15) is 0 Å². The summed E-state index contributed by atoms with van der Waals surface area (Å²) < 4.78 is 10.7. The number of nitrogens with zero attached hydrogens (tertiary/aromatic N) is 2. The molecule has 3 heterocycles. The summed E-state index contributed by atoms with van der Waals surface area (Å²) >= 11 is 0. The quantitative estimate of drug-likeness (QED) is 0.358. The summed E-state index contributed by atoms with van der Waals surface area (Å²) in [6.45, 7) is 0. The molecule has 118 valence electrons. The number of carbonyl (C=O) groups excluding carboxylic acids is 2. The Hall–Kier alpha value is -2.74. The van der Waals surface area contributed by atoms with Crippen LogP contribution in [0.15, 0.2) is 30.4 Å². The number of amides is 2. The first-order chi connectivity index (χ1) is 11.0. The summed E-state index contributed by atoms with van der Waals surface area (Å²) in [5.41, 5.74) is -0.110. The zero-order chi connectivity index (χ0) is 16.3. The molecule has 8 heteroatoms. The highest BCUT2D eigenvalue weighted by Crippen LogP contribution is 2.48. The molecule has 0 saturated carbocycles.